The van der Waals surface area contributed by atoms with Crippen LogP contribution < -0.4 is 0 Å². The smallest absolute Gasteiger partial charge is 0.0702 e. The molecule has 0 aliphatic carbocycles. The zero-order chi connectivity index (χ0) is 13.8. The van der Waals surface area contributed by atoms with E-state index in [1.54, 1.807) is 0 Å². The highest BCUT2D eigenvalue weighted by Crippen LogP contribution is 2.22. The number of aliphatic hydroxyl groups is 1. The van der Waals surface area contributed by atoms with Crippen molar-refractivity contribution in [3.8, 4) is 11.3 Å². The highest BCUT2D eigenvalue weighted by molar-refractivity contribution is 5.59. The molecule has 20 heavy (non-hydrogen) atoms. The van der Waals surface area contributed by atoms with Crippen LogP contribution in [0.5, 0.6) is 0 Å². The molecule has 2 aromatic rings. The average molecular weight is 268 g/mol. The molecule has 1 aliphatic heterocycles. The molecule has 1 aliphatic rings. The van der Waals surface area contributed by atoms with Crippen LogP contribution in [0.4, 0.5) is 0 Å². The van der Waals surface area contributed by atoms with Crippen molar-refractivity contribution < 1.29 is 5.11 Å². The van der Waals surface area contributed by atoms with Crippen LogP contribution in [0, 0.1) is 0 Å². The molecule has 0 bridgehead atoms. The molecule has 0 saturated carbocycles. The molecule has 1 fully saturated rings. The molecule has 1 N–H and O–H groups in total. The number of nitrogens with zero attached hydrogens (tertiary/aromatic N) is 2. The molecular weight excluding hydrogens is 248 g/mol. The summed E-state index contributed by atoms with van der Waals surface area (Å²) >= 11 is 0. The number of pyridine rings is 1. The second-order valence-corrected chi connectivity index (χ2v) is 5.36. The number of rotatable bonds is 4. The third kappa shape index (κ3) is 2.89. The van der Waals surface area contributed by atoms with Crippen molar-refractivity contribution in [1.82, 2.24) is 9.88 Å². The number of aromatic nitrogens is 1. The minimum absolute atomic E-state index is 0.264. The van der Waals surface area contributed by atoms with Gasteiger partial charge in [-0.05, 0) is 43.1 Å². The predicted molar refractivity (Wildman–Crippen MR) is 80.2 cm³/mol. The zero-order valence-electron chi connectivity index (χ0n) is 11.6. The Bertz CT molecular complexity index is 556. The lowest BCUT2D eigenvalue weighted by Crippen LogP contribution is -2.31. The summed E-state index contributed by atoms with van der Waals surface area (Å²) in [5.41, 5.74) is 3.45. The molecule has 3 nitrogen and oxygen atoms in total. The van der Waals surface area contributed by atoms with Crippen molar-refractivity contribution in [1.29, 1.82) is 0 Å². The van der Waals surface area contributed by atoms with Crippen LogP contribution in [-0.2, 0) is 6.54 Å². The number of benzene rings is 1. The molecule has 104 valence electrons. The van der Waals surface area contributed by atoms with Crippen molar-refractivity contribution in [2.45, 2.75) is 25.4 Å². The Morgan fingerprint density at radius 1 is 1.20 bits per heavy atom. The van der Waals surface area contributed by atoms with E-state index in [9.17, 15) is 5.11 Å². The average Bonchev–Trinajstić information content (AvgIpc) is 2.96. The maximum atomic E-state index is 9.40. The van der Waals surface area contributed by atoms with Gasteiger partial charge in [0.2, 0.25) is 0 Å². The van der Waals surface area contributed by atoms with Gasteiger partial charge in [0.15, 0.2) is 0 Å². The largest absolute Gasteiger partial charge is 0.395 e. The second kappa shape index (κ2) is 6.16. The van der Waals surface area contributed by atoms with E-state index < -0.39 is 0 Å². The number of hydrogen-bond donors (Lipinski definition) is 1. The van der Waals surface area contributed by atoms with Gasteiger partial charge >= 0.3 is 0 Å². The number of aliphatic hydroxyl groups excluding tert-OH is 1. The Labute approximate surface area is 119 Å². The molecule has 1 aromatic carbocycles. The van der Waals surface area contributed by atoms with Crippen molar-refractivity contribution >= 4 is 0 Å². The van der Waals surface area contributed by atoms with Crippen LogP contribution in [0.15, 0.2) is 48.7 Å². The molecule has 3 heteroatoms. The fourth-order valence-electron chi connectivity index (χ4n) is 2.91. The summed E-state index contributed by atoms with van der Waals surface area (Å²) in [4.78, 5) is 6.77. The first-order valence-electron chi connectivity index (χ1n) is 7.22. The Balaban J connectivity index is 1.78. The van der Waals surface area contributed by atoms with E-state index in [0.717, 1.165) is 30.8 Å². The first kappa shape index (κ1) is 13.3. The maximum Gasteiger partial charge on any atom is 0.0702 e. The standard InChI is InChI=1S/C17H20N2O/c20-13-16-7-4-10-19(16)12-14-5-3-6-15(11-14)17-8-1-2-9-18-17/h1-3,5-6,8-9,11,16,20H,4,7,10,12-13H2/t16-/m0/s1. The normalized spacial score (nSPS) is 19.4. The summed E-state index contributed by atoms with van der Waals surface area (Å²) in [6.45, 7) is 2.25. The fraction of sp³-hybridized carbons (Fsp3) is 0.353. The summed E-state index contributed by atoms with van der Waals surface area (Å²) < 4.78 is 0. The summed E-state index contributed by atoms with van der Waals surface area (Å²) in [7, 11) is 0. The molecule has 2 heterocycles. The predicted octanol–water partition coefficient (Wildman–Crippen LogP) is 2.71. The van der Waals surface area contributed by atoms with Gasteiger partial charge in [-0.3, -0.25) is 9.88 Å². The maximum absolute atomic E-state index is 9.40. The van der Waals surface area contributed by atoms with Crippen molar-refractivity contribution in [3.63, 3.8) is 0 Å². The second-order valence-electron chi connectivity index (χ2n) is 5.36. The van der Waals surface area contributed by atoms with E-state index in [1.165, 1.54) is 12.0 Å². The van der Waals surface area contributed by atoms with E-state index >= 15 is 0 Å². The van der Waals surface area contributed by atoms with Crippen molar-refractivity contribution in [2.24, 2.45) is 0 Å². The summed E-state index contributed by atoms with van der Waals surface area (Å²) in [6.07, 6.45) is 4.12. The van der Waals surface area contributed by atoms with E-state index in [2.05, 4.69) is 34.1 Å². The Morgan fingerprint density at radius 2 is 2.15 bits per heavy atom. The molecule has 1 atom stereocenters. The van der Waals surface area contributed by atoms with Crippen molar-refractivity contribution in [2.75, 3.05) is 13.2 Å². The van der Waals surface area contributed by atoms with Crippen LogP contribution in [-0.4, -0.2) is 34.2 Å². The van der Waals surface area contributed by atoms with Gasteiger partial charge in [0, 0.05) is 24.3 Å². The Morgan fingerprint density at radius 3 is 2.95 bits per heavy atom. The molecule has 1 saturated heterocycles. The molecule has 0 amide bonds. The van der Waals surface area contributed by atoms with Crippen LogP contribution in [0.1, 0.15) is 18.4 Å². The van der Waals surface area contributed by atoms with Gasteiger partial charge in [-0.1, -0.05) is 24.3 Å². The van der Waals surface area contributed by atoms with Gasteiger partial charge in [-0.25, -0.2) is 0 Å². The first-order chi connectivity index (χ1) is 9.86. The van der Waals surface area contributed by atoms with Crippen LogP contribution in [0.3, 0.4) is 0 Å². The van der Waals surface area contributed by atoms with Crippen LogP contribution >= 0.6 is 0 Å². The van der Waals surface area contributed by atoms with Gasteiger partial charge in [0.25, 0.3) is 0 Å². The Kier molecular flexibility index (Phi) is 4.09. The highest BCUT2D eigenvalue weighted by atomic mass is 16.3. The SMILES string of the molecule is OC[C@@H]1CCCN1Cc1cccc(-c2ccccn2)c1. The lowest BCUT2D eigenvalue weighted by Gasteiger charge is -2.22. The van der Waals surface area contributed by atoms with Gasteiger partial charge in [0.1, 0.15) is 0 Å². The molecule has 0 radical (unpaired) electrons. The molecular formula is C17H20N2O. The quantitative estimate of drug-likeness (QED) is 0.926. The van der Waals surface area contributed by atoms with Gasteiger partial charge < -0.3 is 5.11 Å². The number of hydrogen-bond acceptors (Lipinski definition) is 3. The van der Waals surface area contributed by atoms with E-state index in [1.807, 2.05) is 24.4 Å². The minimum Gasteiger partial charge on any atom is -0.395 e. The third-order valence-corrected chi connectivity index (χ3v) is 3.98. The monoisotopic (exact) mass is 268 g/mol. The molecule has 3 rings (SSSR count). The molecule has 0 unspecified atom stereocenters. The van der Waals surface area contributed by atoms with Gasteiger partial charge in [-0.15, -0.1) is 0 Å². The van der Waals surface area contributed by atoms with Crippen molar-refractivity contribution in [3.05, 3.63) is 54.2 Å². The highest BCUT2D eigenvalue weighted by Gasteiger charge is 2.23. The summed E-state index contributed by atoms with van der Waals surface area (Å²) in [5.74, 6) is 0. The molecule has 1 aromatic heterocycles. The number of likely N-dealkylation sites (tertiary alicyclic amines) is 1. The lowest BCUT2D eigenvalue weighted by molar-refractivity contribution is 0.153. The zero-order valence-corrected chi connectivity index (χ0v) is 11.6. The van der Waals surface area contributed by atoms with Gasteiger partial charge in [-0.2, -0.15) is 0 Å². The topological polar surface area (TPSA) is 36.4 Å². The lowest BCUT2D eigenvalue weighted by atomic mass is 10.1. The van der Waals surface area contributed by atoms with Gasteiger partial charge in [0.05, 0.1) is 12.3 Å². The van der Waals surface area contributed by atoms with Crippen LogP contribution in [0.25, 0.3) is 11.3 Å². The van der Waals surface area contributed by atoms with E-state index in [-0.39, 0.29) is 6.61 Å². The fourth-order valence-corrected chi connectivity index (χ4v) is 2.91. The molecule has 0 spiro atoms. The Hall–Kier alpha value is -1.71. The summed E-state index contributed by atoms with van der Waals surface area (Å²) in [6, 6.07) is 14.8. The summed E-state index contributed by atoms with van der Waals surface area (Å²) in [5, 5.41) is 9.40. The van der Waals surface area contributed by atoms with E-state index in [0.29, 0.717) is 6.04 Å². The first-order valence-corrected chi connectivity index (χ1v) is 7.22. The van der Waals surface area contributed by atoms with E-state index in [4.69, 9.17) is 0 Å². The third-order valence-electron chi connectivity index (χ3n) is 3.98. The minimum atomic E-state index is 0.264. The van der Waals surface area contributed by atoms with Crippen LogP contribution in [0.2, 0.25) is 0 Å².